The molecule has 2 fully saturated rings. The zero-order valence-electron chi connectivity index (χ0n) is 10.3. The second kappa shape index (κ2) is 4.10. The molecule has 1 aliphatic carbocycles. The third-order valence-electron chi connectivity index (χ3n) is 4.03. The quantitative estimate of drug-likeness (QED) is 0.609. The predicted octanol–water partition coefficient (Wildman–Crippen LogP) is 2.99. The van der Waals surface area contributed by atoms with Crippen LogP contribution in [0, 0.1) is 5.41 Å². The standard InChI is InChI=1S/C12H18IN3O/c1-12(2)8(9(12)13)10-14-11(17-15-10)16-6-4-3-5-7-16/h8-9H,3-7H2,1-2H3/t8-,9+/m0/s1. The Kier molecular flexibility index (Phi) is 2.83. The Labute approximate surface area is 115 Å². The van der Waals surface area contributed by atoms with Gasteiger partial charge in [-0.15, -0.1) is 0 Å². The van der Waals surface area contributed by atoms with Gasteiger partial charge in [0.25, 0.3) is 0 Å². The smallest absolute Gasteiger partial charge is 0.324 e. The number of alkyl halides is 1. The van der Waals surface area contributed by atoms with E-state index in [9.17, 15) is 0 Å². The molecule has 94 valence electrons. The van der Waals surface area contributed by atoms with E-state index in [2.05, 4.69) is 51.5 Å². The van der Waals surface area contributed by atoms with Crippen LogP contribution < -0.4 is 4.90 Å². The topological polar surface area (TPSA) is 42.2 Å². The first-order valence-corrected chi connectivity index (χ1v) is 7.58. The molecule has 0 spiro atoms. The fraction of sp³-hybridized carbons (Fsp3) is 0.833. The van der Waals surface area contributed by atoms with Crippen LogP contribution in [0.1, 0.15) is 44.9 Å². The van der Waals surface area contributed by atoms with Gasteiger partial charge in [0.15, 0.2) is 5.82 Å². The minimum absolute atomic E-state index is 0.323. The molecule has 1 aromatic heterocycles. The molecule has 0 unspecified atom stereocenters. The van der Waals surface area contributed by atoms with Gasteiger partial charge in [-0.05, 0) is 24.7 Å². The average molecular weight is 347 g/mol. The van der Waals surface area contributed by atoms with Gasteiger partial charge in [-0.1, -0.05) is 41.6 Å². The number of aromatic nitrogens is 2. The van der Waals surface area contributed by atoms with Crippen LogP contribution in [0.15, 0.2) is 4.52 Å². The lowest BCUT2D eigenvalue weighted by Crippen LogP contribution is -2.29. The van der Waals surface area contributed by atoms with Crippen molar-refractivity contribution in [3.05, 3.63) is 5.82 Å². The van der Waals surface area contributed by atoms with Gasteiger partial charge in [0.05, 0.1) is 0 Å². The first kappa shape index (κ1) is 11.7. The van der Waals surface area contributed by atoms with E-state index in [1.165, 1.54) is 19.3 Å². The molecule has 0 aromatic carbocycles. The fourth-order valence-corrected chi connectivity index (χ4v) is 4.03. The molecule has 3 rings (SSSR count). The summed E-state index contributed by atoms with van der Waals surface area (Å²) >= 11 is 2.49. The van der Waals surface area contributed by atoms with Crippen molar-refractivity contribution in [3.8, 4) is 0 Å². The summed E-state index contributed by atoms with van der Waals surface area (Å²) in [5.74, 6) is 1.36. The summed E-state index contributed by atoms with van der Waals surface area (Å²) in [4.78, 5) is 6.81. The highest BCUT2D eigenvalue weighted by Gasteiger charge is 2.59. The number of hydrogen-bond acceptors (Lipinski definition) is 4. The van der Waals surface area contributed by atoms with Crippen LogP contribution in [0.3, 0.4) is 0 Å². The molecule has 0 N–H and O–H groups in total. The summed E-state index contributed by atoms with van der Waals surface area (Å²) in [6, 6.07) is 0.728. The van der Waals surface area contributed by atoms with Gasteiger partial charge in [-0.25, -0.2) is 0 Å². The molecule has 17 heavy (non-hydrogen) atoms. The summed E-state index contributed by atoms with van der Waals surface area (Å²) < 4.78 is 6.04. The lowest BCUT2D eigenvalue weighted by Gasteiger charge is -2.23. The van der Waals surface area contributed by atoms with E-state index < -0.39 is 0 Å². The van der Waals surface area contributed by atoms with E-state index >= 15 is 0 Å². The van der Waals surface area contributed by atoms with E-state index in [1.807, 2.05) is 0 Å². The third kappa shape index (κ3) is 1.96. The van der Waals surface area contributed by atoms with Crippen LogP contribution in [0.25, 0.3) is 0 Å². The molecule has 2 atom stereocenters. The van der Waals surface area contributed by atoms with Gasteiger partial charge in [0.1, 0.15) is 0 Å². The Morgan fingerprint density at radius 1 is 1.29 bits per heavy atom. The van der Waals surface area contributed by atoms with Crippen LogP contribution in [0.2, 0.25) is 0 Å². The Hall–Kier alpha value is -0.330. The van der Waals surface area contributed by atoms with Crippen LogP contribution in [-0.2, 0) is 0 Å². The molecule has 1 saturated carbocycles. The lowest BCUT2D eigenvalue weighted by molar-refractivity contribution is 0.394. The highest BCUT2D eigenvalue weighted by molar-refractivity contribution is 14.1. The van der Waals surface area contributed by atoms with Crippen molar-refractivity contribution in [1.82, 2.24) is 10.1 Å². The van der Waals surface area contributed by atoms with E-state index in [1.54, 1.807) is 0 Å². The van der Waals surface area contributed by atoms with Gasteiger partial charge in [-0.2, -0.15) is 4.98 Å². The first-order chi connectivity index (χ1) is 8.10. The highest BCUT2D eigenvalue weighted by atomic mass is 127. The first-order valence-electron chi connectivity index (χ1n) is 6.33. The number of anilines is 1. The molecule has 0 bridgehead atoms. The summed E-state index contributed by atoms with van der Waals surface area (Å²) in [6.45, 7) is 6.66. The second-order valence-corrected chi connectivity index (χ2v) is 7.03. The maximum Gasteiger partial charge on any atom is 0.324 e. The molecule has 2 aliphatic rings. The van der Waals surface area contributed by atoms with Crippen LogP contribution in [-0.4, -0.2) is 27.2 Å². The average Bonchev–Trinajstić information content (AvgIpc) is 2.72. The van der Waals surface area contributed by atoms with Crippen molar-refractivity contribution >= 4 is 28.6 Å². The summed E-state index contributed by atoms with van der Waals surface area (Å²) in [6.07, 6.45) is 3.80. The fourth-order valence-electron chi connectivity index (χ4n) is 2.61. The second-order valence-electron chi connectivity index (χ2n) is 5.68. The zero-order valence-corrected chi connectivity index (χ0v) is 12.5. The molecule has 1 saturated heterocycles. The van der Waals surface area contributed by atoms with Gasteiger partial charge in [-0.3, -0.25) is 0 Å². The van der Waals surface area contributed by atoms with Gasteiger partial charge < -0.3 is 9.42 Å². The maximum absolute atomic E-state index is 5.41. The van der Waals surface area contributed by atoms with Crippen molar-refractivity contribution in [1.29, 1.82) is 0 Å². The van der Waals surface area contributed by atoms with Gasteiger partial charge in [0, 0.05) is 22.9 Å². The lowest BCUT2D eigenvalue weighted by atomic mass is 10.1. The van der Waals surface area contributed by atoms with Crippen LogP contribution in [0.5, 0.6) is 0 Å². The number of hydrogen-bond donors (Lipinski definition) is 0. The highest BCUT2D eigenvalue weighted by Crippen LogP contribution is 2.62. The van der Waals surface area contributed by atoms with Crippen molar-refractivity contribution in [3.63, 3.8) is 0 Å². The number of piperidine rings is 1. The molecule has 2 heterocycles. The maximum atomic E-state index is 5.41. The van der Waals surface area contributed by atoms with Crippen molar-refractivity contribution in [2.24, 2.45) is 5.41 Å². The van der Waals surface area contributed by atoms with E-state index in [0.717, 1.165) is 24.9 Å². The van der Waals surface area contributed by atoms with Crippen molar-refractivity contribution < 1.29 is 4.52 Å². The predicted molar refractivity (Wildman–Crippen MR) is 74.7 cm³/mol. The largest absolute Gasteiger partial charge is 0.324 e. The molecule has 1 aromatic rings. The van der Waals surface area contributed by atoms with Gasteiger partial charge >= 0.3 is 6.01 Å². The molecule has 4 nitrogen and oxygen atoms in total. The minimum Gasteiger partial charge on any atom is -0.324 e. The van der Waals surface area contributed by atoms with E-state index in [0.29, 0.717) is 15.3 Å². The van der Waals surface area contributed by atoms with E-state index in [-0.39, 0.29) is 0 Å². The summed E-state index contributed by atoms with van der Waals surface area (Å²) in [7, 11) is 0. The third-order valence-corrected chi connectivity index (χ3v) is 6.36. The molecule has 5 heteroatoms. The summed E-state index contributed by atoms with van der Waals surface area (Å²) in [5.41, 5.74) is 0.323. The van der Waals surface area contributed by atoms with Crippen molar-refractivity contribution in [2.45, 2.75) is 43.0 Å². The Bertz CT molecular complexity index is 412. The molecular formula is C12H18IN3O. The Balaban J connectivity index is 1.75. The normalized spacial score (nSPS) is 31.6. The molecule has 0 radical (unpaired) electrons. The Morgan fingerprint density at radius 3 is 2.53 bits per heavy atom. The van der Waals surface area contributed by atoms with Crippen LogP contribution in [0.4, 0.5) is 6.01 Å². The molecule has 0 amide bonds. The SMILES string of the molecule is CC1(C)[C@H](I)[C@H]1c1noc(N2CCCCC2)n1. The van der Waals surface area contributed by atoms with Crippen molar-refractivity contribution in [2.75, 3.05) is 18.0 Å². The molecular weight excluding hydrogens is 329 g/mol. The van der Waals surface area contributed by atoms with Gasteiger partial charge in [0.2, 0.25) is 0 Å². The van der Waals surface area contributed by atoms with E-state index in [4.69, 9.17) is 4.52 Å². The van der Waals surface area contributed by atoms with Crippen LogP contribution >= 0.6 is 22.6 Å². The summed E-state index contributed by atoms with van der Waals surface area (Å²) in [5, 5.41) is 4.17. The zero-order chi connectivity index (χ0) is 12.0. The minimum atomic E-state index is 0.323. The molecule has 1 aliphatic heterocycles. The Morgan fingerprint density at radius 2 is 1.94 bits per heavy atom. The number of rotatable bonds is 2. The number of halogens is 1. The number of nitrogens with zero attached hydrogens (tertiary/aromatic N) is 3. The monoisotopic (exact) mass is 347 g/mol.